The molecule has 7 heteroatoms. The molecule has 4 aromatic rings. The van der Waals surface area contributed by atoms with Crippen LogP contribution in [0.3, 0.4) is 0 Å². The van der Waals surface area contributed by atoms with Crippen LogP contribution >= 0.6 is 0 Å². The highest BCUT2D eigenvalue weighted by molar-refractivity contribution is 5.89. The fourth-order valence-electron chi connectivity index (χ4n) is 2.79. The third-order valence-corrected chi connectivity index (χ3v) is 4.19. The molecule has 3 heterocycles. The average molecular weight is 358 g/mol. The Morgan fingerprint density at radius 3 is 2.67 bits per heavy atom. The van der Waals surface area contributed by atoms with Crippen molar-refractivity contribution in [3.63, 3.8) is 0 Å². The van der Waals surface area contributed by atoms with E-state index in [1.807, 2.05) is 55.5 Å². The average Bonchev–Trinajstić information content (AvgIpc) is 3.12. The van der Waals surface area contributed by atoms with Gasteiger partial charge in [-0.05, 0) is 24.6 Å². The Kier molecular flexibility index (Phi) is 4.49. The Balaban J connectivity index is 1.48. The van der Waals surface area contributed by atoms with E-state index in [1.165, 1.54) is 0 Å². The van der Waals surface area contributed by atoms with Crippen LogP contribution in [0.2, 0.25) is 0 Å². The Morgan fingerprint density at radius 2 is 1.89 bits per heavy atom. The number of hydrogen-bond donors (Lipinski definition) is 2. The van der Waals surface area contributed by atoms with Crippen LogP contribution in [0.25, 0.3) is 16.9 Å². The van der Waals surface area contributed by atoms with Gasteiger partial charge in [0.15, 0.2) is 5.65 Å². The highest BCUT2D eigenvalue weighted by Crippen LogP contribution is 2.19. The lowest BCUT2D eigenvalue weighted by atomic mass is 10.1. The van der Waals surface area contributed by atoms with Crippen LogP contribution in [0.4, 0.5) is 10.5 Å². The predicted molar refractivity (Wildman–Crippen MR) is 103 cm³/mol. The van der Waals surface area contributed by atoms with Gasteiger partial charge in [-0.1, -0.05) is 30.3 Å². The van der Waals surface area contributed by atoms with Crippen LogP contribution in [0.15, 0.2) is 73.3 Å². The molecule has 0 aliphatic heterocycles. The van der Waals surface area contributed by atoms with Gasteiger partial charge in [-0.3, -0.25) is 4.98 Å². The number of pyridine rings is 1. The van der Waals surface area contributed by atoms with Crippen molar-refractivity contribution >= 4 is 17.4 Å². The summed E-state index contributed by atoms with van der Waals surface area (Å²) < 4.78 is 1.66. The van der Waals surface area contributed by atoms with E-state index in [9.17, 15) is 4.79 Å². The Labute approximate surface area is 156 Å². The van der Waals surface area contributed by atoms with E-state index < -0.39 is 0 Å². The van der Waals surface area contributed by atoms with Crippen molar-refractivity contribution in [3.8, 4) is 11.3 Å². The molecule has 2 amide bonds. The van der Waals surface area contributed by atoms with Gasteiger partial charge in [-0.2, -0.15) is 5.10 Å². The third kappa shape index (κ3) is 3.77. The maximum atomic E-state index is 12.3. The topological polar surface area (TPSA) is 84.2 Å². The minimum atomic E-state index is -0.309. The fraction of sp³-hybridized carbons (Fsp3) is 0.100. The monoisotopic (exact) mass is 358 g/mol. The molecular formula is C20H18N6O. The normalized spacial score (nSPS) is 11.9. The summed E-state index contributed by atoms with van der Waals surface area (Å²) in [4.78, 5) is 20.6. The second kappa shape index (κ2) is 7.25. The van der Waals surface area contributed by atoms with E-state index in [-0.39, 0.29) is 12.1 Å². The number of hydrogen-bond acceptors (Lipinski definition) is 4. The van der Waals surface area contributed by atoms with Crippen LogP contribution in [0.1, 0.15) is 18.5 Å². The lowest BCUT2D eigenvalue weighted by molar-refractivity contribution is 0.249. The van der Waals surface area contributed by atoms with Gasteiger partial charge in [0.05, 0.1) is 29.8 Å². The summed E-state index contributed by atoms with van der Waals surface area (Å²) in [6.45, 7) is 1.91. The standard InChI is InChI=1S/C20H18N6O/c1-14(15-7-9-21-10-8-15)23-20(27)24-17-12-22-19-11-18(25-26(19)13-17)16-5-3-2-4-6-16/h2-14H,1H3,(H2,23,24,27). The quantitative estimate of drug-likeness (QED) is 0.583. The van der Waals surface area contributed by atoms with Gasteiger partial charge in [0, 0.05) is 24.0 Å². The first-order valence-electron chi connectivity index (χ1n) is 8.57. The molecule has 0 saturated carbocycles. The molecule has 0 aliphatic rings. The lowest BCUT2D eigenvalue weighted by Crippen LogP contribution is -2.31. The molecule has 1 atom stereocenters. The first kappa shape index (κ1) is 16.7. The summed E-state index contributed by atoms with van der Waals surface area (Å²) in [7, 11) is 0. The second-order valence-corrected chi connectivity index (χ2v) is 6.14. The Morgan fingerprint density at radius 1 is 1.11 bits per heavy atom. The van der Waals surface area contributed by atoms with Crippen LogP contribution in [0, 0.1) is 0 Å². The van der Waals surface area contributed by atoms with Crippen molar-refractivity contribution in [2.24, 2.45) is 0 Å². The van der Waals surface area contributed by atoms with Crippen LogP contribution in [-0.4, -0.2) is 25.6 Å². The van der Waals surface area contributed by atoms with Crippen molar-refractivity contribution < 1.29 is 4.79 Å². The van der Waals surface area contributed by atoms with Gasteiger partial charge in [0.2, 0.25) is 0 Å². The molecule has 2 N–H and O–H groups in total. The number of benzene rings is 1. The van der Waals surface area contributed by atoms with Crippen LogP contribution < -0.4 is 10.6 Å². The number of fused-ring (bicyclic) bond motifs is 1. The fourth-order valence-corrected chi connectivity index (χ4v) is 2.79. The molecule has 0 fully saturated rings. The molecule has 4 rings (SSSR count). The molecule has 134 valence electrons. The molecule has 0 bridgehead atoms. The van der Waals surface area contributed by atoms with Gasteiger partial charge in [0.25, 0.3) is 0 Å². The Hall–Kier alpha value is -3.74. The molecule has 1 aromatic carbocycles. The molecule has 0 spiro atoms. The minimum Gasteiger partial charge on any atom is -0.331 e. The molecule has 3 aromatic heterocycles. The summed E-state index contributed by atoms with van der Waals surface area (Å²) in [6, 6.07) is 15.1. The zero-order valence-corrected chi connectivity index (χ0v) is 14.7. The molecular weight excluding hydrogens is 340 g/mol. The third-order valence-electron chi connectivity index (χ3n) is 4.19. The van der Waals surface area contributed by atoms with Crippen molar-refractivity contribution in [1.29, 1.82) is 0 Å². The predicted octanol–water partition coefficient (Wildman–Crippen LogP) is 3.67. The summed E-state index contributed by atoms with van der Waals surface area (Å²) in [5.74, 6) is 0. The molecule has 0 aliphatic carbocycles. The number of nitrogens with zero attached hydrogens (tertiary/aromatic N) is 4. The van der Waals surface area contributed by atoms with Crippen molar-refractivity contribution in [1.82, 2.24) is 24.9 Å². The number of anilines is 1. The molecule has 27 heavy (non-hydrogen) atoms. The van der Waals surface area contributed by atoms with Crippen molar-refractivity contribution in [2.45, 2.75) is 13.0 Å². The first-order valence-corrected chi connectivity index (χ1v) is 8.57. The van der Waals surface area contributed by atoms with E-state index >= 15 is 0 Å². The zero-order chi connectivity index (χ0) is 18.6. The summed E-state index contributed by atoms with van der Waals surface area (Å²) in [6.07, 6.45) is 6.75. The van der Waals surface area contributed by atoms with Crippen LogP contribution in [-0.2, 0) is 0 Å². The van der Waals surface area contributed by atoms with E-state index in [1.54, 1.807) is 29.3 Å². The molecule has 1 unspecified atom stereocenters. The van der Waals surface area contributed by atoms with E-state index in [2.05, 4.69) is 25.7 Å². The van der Waals surface area contributed by atoms with Crippen molar-refractivity contribution in [2.75, 3.05) is 5.32 Å². The van der Waals surface area contributed by atoms with Crippen LogP contribution in [0.5, 0.6) is 0 Å². The smallest absolute Gasteiger partial charge is 0.319 e. The van der Waals surface area contributed by atoms with Crippen molar-refractivity contribution in [3.05, 3.63) is 78.9 Å². The summed E-state index contributed by atoms with van der Waals surface area (Å²) in [5.41, 5.74) is 4.10. The van der Waals surface area contributed by atoms with E-state index in [0.717, 1.165) is 16.8 Å². The Bertz CT molecular complexity index is 1060. The molecule has 0 saturated heterocycles. The number of nitrogens with one attached hydrogen (secondary N) is 2. The zero-order valence-electron chi connectivity index (χ0n) is 14.7. The summed E-state index contributed by atoms with van der Waals surface area (Å²) >= 11 is 0. The first-order chi connectivity index (χ1) is 13.2. The number of urea groups is 1. The lowest BCUT2D eigenvalue weighted by Gasteiger charge is -2.14. The van der Waals surface area contributed by atoms with Gasteiger partial charge in [0.1, 0.15) is 0 Å². The highest BCUT2D eigenvalue weighted by atomic mass is 16.2. The molecule has 7 nitrogen and oxygen atoms in total. The largest absolute Gasteiger partial charge is 0.331 e. The number of aromatic nitrogens is 4. The number of carbonyl (C=O) groups excluding carboxylic acids is 1. The van der Waals surface area contributed by atoms with Gasteiger partial charge in [-0.25, -0.2) is 14.3 Å². The number of amides is 2. The van der Waals surface area contributed by atoms with Gasteiger partial charge < -0.3 is 10.6 Å². The van der Waals surface area contributed by atoms with Gasteiger partial charge in [-0.15, -0.1) is 0 Å². The number of rotatable bonds is 4. The SMILES string of the molecule is CC(NC(=O)Nc1cnc2cc(-c3ccccc3)nn2c1)c1ccncc1. The van der Waals surface area contributed by atoms with Gasteiger partial charge >= 0.3 is 6.03 Å². The second-order valence-electron chi connectivity index (χ2n) is 6.14. The maximum Gasteiger partial charge on any atom is 0.319 e. The van der Waals surface area contributed by atoms with E-state index in [0.29, 0.717) is 11.3 Å². The number of carbonyl (C=O) groups is 1. The highest BCUT2D eigenvalue weighted by Gasteiger charge is 2.11. The minimum absolute atomic E-state index is 0.140. The molecule has 0 radical (unpaired) electrons. The maximum absolute atomic E-state index is 12.3. The summed E-state index contributed by atoms with van der Waals surface area (Å²) in [5, 5.41) is 10.2. The van der Waals surface area contributed by atoms with E-state index in [4.69, 9.17) is 0 Å².